The summed E-state index contributed by atoms with van der Waals surface area (Å²) in [4.78, 5) is 16.9. The molecular formula is C22H24FN3O3S. The number of anilines is 1. The van der Waals surface area contributed by atoms with Gasteiger partial charge >= 0.3 is 0 Å². The van der Waals surface area contributed by atoms with Crippen LogP contribution in [0, 0.1) is 11.7 Å². The summed E-state index contributed by atoms with van der Waals surface area (Å²) in [6, 6.07) is 12.6. The Morgan fingerprint density at radius 3 is 2.73 bits per heavy atom. The zero-order valence-corrected chi connectivity index (χ0v) is 17.3. The summed E-state index contributed by atoms with van der Waals surface area (Å²) in [5, 5.41) is 2.77. The van der Waals surface area contributed by atoms with Crippen LogP contribution < -0.4 is 10.0 Å². The average Bonchev–Trinajstić information content (AvgIpc) is 3.53. The molecule has 0 radical (unpaired) electrons. The molecule has 8 heteroatoms. The van der Waals surface area contributed by atoms with Crippen molar-refractivity contribution >= 4 is 27.5 Å². The van der Waals surface area contributed by atoms with Gasteiger partial charge in [0.15, 0.2) is 0 Å². The van der Waals surface area contributed by atoms with Crippen molar-refractivity contribution in [2.45, 2.75) is 42.9 Å². The van der Waals surface area contributed by atoms with Crippen LogP contribution in [-0.2, 0) is 14.8 Å². The largest absolute Gasteiger partial charge is 0.326 e. The van der Waals surface area contributed by atoms with Crippen LogP contribution in [0.2, 0.25) is 0 Å². The van der Waals surface area contributed by atoms with Crippen molar-refractivity contribution in [3.63, 3.8) is 0 Å². The van der Waals surface area contributed by atoms with Crippen LogP contribution in [0.25, 0.3) is 0 Å². The van der Waals surface area contributed by atoms with Gasteiger partial charge in [0, 0.05) is 24.6 Å². The maximum Gasteiger partial charge on any atom is 0.262 e. The first-order valence-corrected chi connectivity index (χ1v) is 11.6. The number of nitrogens with zero attached hydrogens (tertiary/aromatic N) is 1. The van der Waals surface area contributed by atoms with Crippen LogP contribution in [0.4, 0.5) is 10.1 Å². The summed E-state index contributed by atoms with van der Waals surface area (Å²) in [6.07, 6.45) is 4.08. The van der Waals surface area contributed by atoms with Crippen LogP contribution in [-0.4, -0.2) is 26.7 Å². The molecule has 2 atom stereocenters. The highest BCUT2D eigenvalue weighted by Gasteiger charge is 2.45. The third kappa shape index (κ3) is 4.70. The summed E-state index contributed by atoms with van der Waals surface area (Å²) in [5.74, 6) is -0.529. The van der Waals surface area contributed by atoms with E-state index in [4.69, 9.17) is 0 Å². The fraction of sp³-hybridized carbons (Fsp3) is 0.364. The minimum absolute atomic E-state index is 0.0636. The number of aliphatic imine (C=N–C) groups is 1. The first-order valence-electron chi connectivity index (χ1n) is 10.2. The molecule has 1 aliphatic carbocycles. The first kappa shape index (κ1) is 20.5. The molecule has 4 rings (SSSR count). The normalized spacial score (nSPS) is 21.3. The molecule has 0 spiro atoms. The smallest absolute Gasteiger partial charge is 0.262 e. The van der Waals surface area contributed by atoms with Gasteiger partial charge in [0.25, 0.3) is 10.0 Å². The molecule has 2 N–H and O–H groups in total. The van der Waals surface area contributed by atoms with E-state index in [0.717, 1.165) is 19.3 Å². The number of amidine groups is 1. The van der Waals surface area contributed by atoms with E-state index in [1.165, 1.54) is 18.2 Å². The molecule has 2 aromatic carbocycles. The Bertz CT molecular complexity index is 1080. The molecule has 158 valence electrons. The SMILES string of the molecule is O=C(Nc1cccc(S(=O)(=O)NC2=NCCCCC2)c1)C1CC1c1ccccc1F. The second-order valence-corrected chi connectivity index (χ2v) is 9.41. The minimum Gasteiger partial charge on any atom is -0.326 e. The molecule has 6 nitrogen and oxygen atoms in total. The lowest BCUT2D eigenvalue weighted by molar-refractivity contribution is -0.117. The molecule has 1 aliphatic heterocycles. The second-order valence-electron chi connectivity index (χ2n) is 7.73. The van der Waals surface area contributed by atoms with Gasteiger partial charge in [-0.2, -0.15) is 0 Å². The highest BCUT2D eigenvalue weighted by atomic mass is 32.2. The maximum absolute atomic E-state index is 13.9. The number of nitrogens with one attached hydrogen (secondary N) is 2. The number of carbonyl (C=O) groups excluding carboxylic acids is 1. The fourth-order valence-electron chi connectivity index (χ4n) is 3.75. The Hall–Kier alpha value is -2.74. The molecule has 0 aromatic heterocycles. The van der Waals surface area contributed by atoms with Gasteiger partial charge in [-0.25, -0.2) is 12.8 Å². The summed E-state index contributed by atoms with van der Waals surface area (Å²) in [7, 11) is -3.78. The number of halogens is 1. The molecule has 2 aliphatic rings. The number of sulfonamides is 1. The van der Waals surface area contributed by atoms with E-state index in [-0.39, 0.29) is 28.5 Å². The number of carbonyl (C=O) groups is 1. The highest BCUT2D eigenvalue weighted by Crippen LogP contribution is 2.48. The summed E-state index contributed by atoms with van der Waals surface area (Å²) in [5.41, 5.74) is 0.937. The van der Waals surface area contributed by atoms with Gasteiger partial charge in [0.2, 0.25) is 5.91 Å². The Balaban J connectivity index is 1.43. The molecule has 30 heavy (non-hydrogen) atoms. The molecule has 2 unspecified atom stereocenters. The topological polar surface area (TPSA) is 87.6 Å². The third-order valence-electron chi connectivity index (χ3n) is 5.47. The maximum atomic E-state index is 13.9. The van der Waals surface area contributed by atoms with Crippen LogP contribution in [0.1, 0.15) is 43.6 Å². The quantitative estimate of drug-likeness (QED) is 0.757. The van der Waals surface area contributed by atoms with Crippen molar-refractivity contribution in [1.82, 2.24) is 4.72 Å². The lowest BCUT2D eigenvalue weighted by Gasteiger charge is -2.11. The molecule has 1 amide bonds. The van der Waals surface area contributed by atoms with Crippen LogP contribution >= 0.6 is 0 Å². The van der Waals surface area contributed by atoms with Gasteiger partial charge in [0.05, 0.1) is 4.90 Å². The highest BCUT2D eigenvalue weighted by molar-refractivity contribution is 7.90. The standard InChI is InChI=1S/C22H24FN3O3S/c23-20-10-4-3-9-17(20)18-14-19(18)22(27)25-15-7-6-8-16(13-15)30(28,29)26-21-11-2-1-5-12-24-21/h3-4,6-10,13,18-19H,1-2,5,11-12,14H2,(H,24,26)(H,25,27). The van der Waals surface area contributed by atoms with Crippen molar-refractivity contribution in [3.05, 3.63) is 59.9 Å². The fourth-order valence-corrected chi connectivity index (χ4v) is 4.89. The van der Waals surface area contributed by atoms with Gasteiger partial charge in [-0.15, -0.1) is 0 Å². The predicted octanol–water partition coefficient (Wildman–Crippen LogP) is 3.82. The van der Waals surface area contributed by atoms with Crippen molar-refractivity contribution in [2.75, 3.05) is 11.9 Å². The van der Waals surface area contributed by atoms with E-state index < -0.39 is 10.0 Å². The van der Waals surface area contributed by atoms with E-state index in [2.05, 4.69) is 15.0 Å². The van der Waals surface area contributed by atoms with Crippen molar-refractivity contribution in [1.29, 1.82) is 0 Å². The molecule has 0 saturated heterocycles. The lowest BCUT2D eigenvalue weighted by atomic mass is 10.1. The number of hydrogen-bond donors (Lipinski definition) is 2. The Morgan fingerprint density at radius 2 is 1.90 bits per heavy atom. The Labute approximate surface area is 175 Å². The molecular weight excluding hydrogens is 405 g/mol. The van der Waals surface area contributed by atoms with Crippen LogP contribution in [0.3, 0.4) is 0 Å². The number of hydrogen-bond acceptors (Lipinski definition) is 4. The van der Waals surface area contributed by atoms with E-state index in [9.17, 15) is 17.6 Å². The van der Waals surface area contributed by atoms with Gasteiger partial charge < -0.3 is 5.32 Å². The van der Waals surface area contributed by atoms with E-state index in [1.807, 2.05) is 0 Å². The summed E-state index contributed by atoms with van der Waals surface area (Å²) in [6.45, 7) is 0.624. The summed E-state index contributed by atoms with van der Waals surface area (Å²) >= 11 is 0. The van der Waals surface area contributed by atoms with Gasteiger partial charge in [-0.3, -0.25) is 14.5 Å². The molecule has 0 bridgehead atoms. The van der Waals surface area contributed by atoms with Gasteiger partial charge in [-0.05, 0) is 55.0 Å². The zero-order chi connectivity index (χ0) is 21.1. The first-order chi connectivity index (χ1) is 14.4. The molecule has 1 saturated carbocycles. The van der Waals surface area contributed by atoms with Gasteiger partial charge in [0.1, 0.15) is 11.7 Å². The second kappa shape index (κ2) is 8.55. The van der Waals surface area contributed by atoms with Crippen molar-refractivity contribution in [2.24, 2.45) is 10.9 Å². The monoisotopic (exact) mass is 429 g/mol. The number of benzene rings is 2. The third-order valence-corrected chi connectivity index (χ3v) is 6.85. The Kier molecular flexibility index (Phi) is 5.85. The molecule has 1 heterocycles. The molecule has 2 aromatic rings. The zero-order valence-electron chi connectivity index (χ0n) is 16.5. The van der Waals surface area contributed by atoms with Crippen LogP contribution in [0.5, 0.6) is 0 Å². The number of amides is 1. The van der Waals surface area contributed by atoms with E-state index >= 15 is 0 Å². The van der Waals surface area contributed by atoms with Crippen LogP contribution in [0.15, 0.2) is 58.4 Å². The Morgan fingerprint density at radius 1 is 1.07 bits per heavy atom. The van der Waals surface area contributed by atoms with E-state index in [1.54, 1.807) is 30.3 Å². The minimum atomic E-state index is -3.78. The summed E-state index contributed by atoms with van der Waals surface area (Å²) < 4.78 is 42.0. The lowest BCUT2D eigenvalue weighted by Crippen LogP contribution is -2.30. The van der Waals surface area contributed by atoms with Crippen molar-refractivity contribution < 1.29 is 17.6 Å². The van der Waals surface area contributed by atoms with E-state index in [0.29, 0.717) is 36.5 Å². The average molecular weight is 430 g/mol. The van der Waals surface area contributed by atoms with Crippen molar-refractivity contribution in [3.8, 4) is 0 Å². The molecule has 1 fully saturated rings. The predicted molar refractivity (Wildman–Crippen MR) is 113 cm³/mol. The number of rotatable bonds is 5. The van der Waals surface area contributed by atoms with Gasteiger partial charge in [-0.1, -0.05) is 30.7 Å².